The molecule has 33 heavy (non-hydrogen) atoms. The summed E-state index contributed by atoms with van der Waals surface area (Å²) >= 11 is 0.956. The van der Waals surface area contributed by atoms with E-state index in [0.29, 0.717) is 33.5 Å². The highest BCUT2D eigenvalue weighted by Gasteiger charge is 2.37. The van der Waals surface area contributed by atoms with Crippen LogP contribution < -0.4 is 5.32 Å². The van der Waals surface area contributed by atoms with E-state index in [2.05, 4.69) is 15.5 Å². The van der Waals surface area contributed by atoms with Crippen molar-refractivity contribution in [3.05, 3.63) is 70.6 Å². The third-order valence-electron chi connectivity index (χ3n) is 4.59. The van der Waals surface area contributed by atoms with E-state index in [0.717, 1.165) is 11.3 Å². The Balaban J connectivity index is 1.81. The van der Waals surface area contributed by atoms with Gasteiger partial charge >= 0.3 is 18.3 Å². The molecular weight excluding hydrogens is 472 g/mol. The number of rotatable bonds is 4. The summed E-state index contributed by atoms with van der Waals surface area (Å²) < 4.78 is 79.0. The van der Waals surface area contributed by atoms with Gasteiger partial charge in [0.2, 0.25) is 0 Å². The number of alkyl halides is 6. The van der Waals surface area contributed by atoms with E-state index in [4.69, 9.17) is 5.11 Å². The Morgan fingerprint density at radius 1 is 0.848 bits per heavy atom. The maximum atomic E-state index is 13.2. The normalized spacial score (nSPS) is 12.2. The number of carboxylic acid groups (broad SMARTS) is 1. The molecule has 12 heteroatoms. The summed E-state index contributed by atoms with van der Waals surface area (Å²) in [6.45, 7) is 0. The first kappa shape index (κ1) is 22.5. The highest BCUT2D eigenvalue weighted by atomic mass is 32.1. The summed E-state index contributed by atoms with van der Waals surface area (Å²) in [6, 6.07) is 10.6. The number of aromatic nitrogens is 2. The summed E-state index contributed by atoms with van der Waals surface area (Å²) in [4.78, 5) is 11.7. The Bertz CT molecular complexity index is 1330. The van der Waals surface area contributed by atoms with Gasteiger partial charge in [0.05, 0.1) is 16.0 Å². The molecule has 0 aliphatic rings. The standard InChI is InChI=1S/C21H11F6N3O2S/c22-20(23,24)10-7-11(21(25,26)27)9-12(8-10)28-18-14-4-2-1-3-13(14)17(29-30-18)15-5-6-16(33-15)19(31)32/h1-9H,(H,28,30)(H,31,32). The summed E-state index contributed by atoms with van der Waals surface area (Å²) in [6.07, 6.45) is -9.98. The molecule has 0 spiro atoms. The maximum absolute atomic E-state index is 13.2. The molecule has 0 aliphatic carbocycles. The van der Waals surface area contributed by atoms with Gasteiger partial charge in [-0.05, 0) is 30.3 Å². The first-order chi connectivity index (χ1) is 15.4. The zero-order valence-electron chi connectivity index (χ0n) is 16.1. The second-order valence-electron chi connectivity index (χ2n) is 6.83. The van der Waals surface area contributed by atoms with Crippen LogP contribution in [0, 0.1) is 0 Å². The van der Waals surface area contributed by atoms with Crippen LogP contribution in [0.5, 0.6) is 0 Å². The molecule has 5 nitrogen and oxygen atoms in total. The Morgan fingerprint density at radius 3 is 2.00 bits per heavy atom. The van der Waals surface area contributed by atoms with Crippen LogP contribution in [0.25, 0.3) is 21.3 Å². The van der Waals surface area contributed by atoms with E-state index in [-0.39, 0.29) is 16.8 Å². The van der Waals surface area contributed by atoms with Gasteiger partial charge in [0, 0.05) is 16.5 Å². The van der Waals surface area contributed by atoms with Gasteiger partial charge in [-0.3, -0.25) is 0 Å². The van der Waals surface area contributed by atoms with E-state index in [9.17, 15) is 31.1 Å². The number of anilines is 2. The second-order valence-corrected chi connectivity index (χ2v) is 7.92. The van der Waals surface area contributed by atoms with E-state index >= 15 is 0 Å². The van der Waals surface area contributed by atoms with Gasteiger partial charge in [-0.15, -0.1) is 21.5 Å². The molecule has 2 aromatic carbocycles. The van der Waals surface area contributed by atoms with Crippen LogP contribution in [0.3, 0.4) is 0 Å². The van der Waals surface area contributed by atoms with Gasteiger partial charge in [-0.25, -0.2) is 4.79 Å². The number of nitrogens with zero attached hydrogens (tertiary/aromatic N) is 2. The van der Waals surface area contributed by atoms with Crippen molar-refractivity contribution in [3.63, 3.8) is 0 Å². The molecule has 4 aromatic rings. The summed E-state index contributed by atoms with van der Waals surface area (Å²) in [7, 11) is 0. The molecule has 0 saturated carbocycles. The molecule has 0 aliphatic heterocycles. The van der Waals surface area contributed by atoms with Crippen LogP contribution in [0.2, 0.25) is 0 Å². The van der Waals surface area contributed by atoms with Crippen molar-refractivity contribution in [2.75, 3.05) is 5.32 Å². The van der Waals surface area contributed by atoms with E-state index < -0.39 is 35.1 Å². The lowest BCUT2D eigenvalue weighted by atomic mass is 10.1. The minimum absolute atomic E-state index is 0.0366. The number of halogens is 6. The zero-order chi connectivity index (χ0) is 24.0. The topological polar surface area (TPSA) is 75.1 Å². The van der Waals surface area contributed by atoms with E-state index in [1.54, 1.807) is 30.3 Å². The first-order valence-corrected chi connectivity index (χ1v) is 9.90. The Morgan fingerprint density at radius 2 is 1.45 bits per heavy atom. The van der Waals surface area contributed by atoms with Gasteiger partial charge in [0.15, 0.2) is 5.82 Å². The zero-order valence-corrected chi connectivity index (χ0v) is 16.9. The third-order valence-corrected chi connectivity index (χ3v) is 5.67. The lowest BCUT2D eigenvalue weighted by Gasteiger charge is -2.16. The summed E-state index contributed by atoms with van der Waals surface area (Å²) in [5.41, 5.74) is -3.07. The lowest BCUT2D eigenvalue weighted by Crippen LogP contribution is -2.12. The fourth-order valence-corrected chi connectivity index (χ4v) is 3.97. The van der Waals surface area contributed by atoms with Crippen LogP contribution in [-0.2, 0) is 12.4 Å². The monoisotopic (exact) mass is 483 g/mol. The van der Waals surface area contributed by atoms with Crippen LogP contribution in [0.4, 0.5) is 37.8 Å². The van der Waals surface area contributed by atoms with Crippen LogP contribution in [0.1, 0.15) is 20.8 Å². The van der Waals surface area contributed by atoms with E-state index in [1.165, 1.54) is 6.07 Å². The highest BCUT2D eigenvalue weighted by molar-refractivity contribution is 7.17. The van der Waals surface area contributed by atoms with Crippen molar-refractivity contribution in [3.8, 4) is 10.6 Å². The van der Waals surface area contributed by atoms with Gasteiger partial charge in [0.25, 0.3) is 0 Å². The average molecular weight is 483 g/mol. The summed E-state index contributed by atoms with van der Waals surface area (Å²) in [5, 5.41) is 20.5. The smallest absolute Gasteiger partial charge is 0.416 e. The largest absolute Gasteiger partial charge is 0.477 e. The van der Waals surface area contributed by atoms with E-state index in [1.807, 2.05) is 0 Å². The molecule has 0 bridgehead atoms. The van der Waals surface area contributed by atoms with Crippen molar-refractivity contribution in [1.29, 1.82) is 0 Å². The maximum Gasteiger partial charge on any atom is 0.416 e. The molecule has 4 rings (SSSR count). The molecule has 0 unspecified atom stereocenters. The molecule has 0 amide bonds. The Labute approximate surface area is 185 Å². The average Bonchev–Trinajstić information content (AvgIpc) is 3.23. The molecule has 2 heterocycles. The quantitative estimate of drug-likeness (QED) is 0.311. The number of thiophene rings is 1. The molecule has 0 atom stereocenters. The number of carbonyl (C=O) groups is 1. The van der Waals surface area contributed by atoms with Gasteiger partial charge in [0.1, 0.15) is 10.6 Å². The van der Waals surface area contributed by atoms with Crippen molar-refractivity contribution in [2.24, 2.45) is 0 Å². The minimum Gasteiger partial charge on any atom is -0.477 e. The van der Waals surface area contributed by atoms with Gasteiger partial charge in [-0.1, -0.05) is 24.3 Å². The van der Waals surface area contributed by atoms with Gasteiger partial charge in [-0.2, -0.15) is 26.3 Å². The lowest BCUT2D eigenvalue weighted by molar-refractivity contribution is -0.143. The molecule has 2 aromatic heterocycles. The molecule has 170 valence electrons. The third kappa shape index (κ3) is 4.60. The number of aromatic carboxylic acids is 1. The molecular formula is C21H11F6N3O2S. The molecule has 0 saturated heterocycles. The van der Waals surface area contributed by atoms with Crippen LogP contribution in [0.15, 0.2) is 54.6 Å². The van der Waals surface area contributed by atoms with Gasteiger partial charge < -0.3 is 10.4 Å². The number of fused-ring (bicyclic) bond motifs is 1. The first-order valence-electron chi connectivity index (χ1n) is 9.09. The number of benzene rings is 2. The molecule has 0 radical (unpaired) electrons. The van der Waals surface area contributed by atoms with Crippen molar-refractivity contribution in [1.82, 2.24) is 10.2 Å². The molecule has 2 N–H and O–H groups in total. The van der Waals surface area contributed by atoms with Crippen molar-refractivity contribution >= 4 is 39.6 Å². The van der Waals surface area contributed by atoms with Crippen molar-refractivity contribution in [2.45, 2.75) is 12.4 Å². The van der Waals surface area contributed by atoms with Crippen LogP contribution >= 0.6 is 11.3 Å². The van der Waals surface area contributed by atoms with Crippen LogP contribution in [-0.4, -0.2) is 21.3 Å². The summed E-state index contributed by atoms with van der Waals surface area (Å²) in [5.74, 6) is -1.18. The Hall–Kier alpha value is -3.67. The number of hydrogen-bond donors (Lipinski definition) is 2. The number of carboxylic acids is 1. The fraction of sp³-hybridized carbons (Fsp3) is 0.0952. The second kappa shape index (κ2) is 8.03. The minimum atomic E-state index is -4.99. The highest BCUT2D eigenvalue weighted by Crippen LogP contribution is 2.39. The Kier molecular flexibility index (Phi) is 5.48. The predicted molar refractivity (Wildman–Crippen MR) is 110 cm³/mol. The number of nitrogens with one attached hydrogen (secondary N) is 1. The van der Waals surface area contributed by atoms with Crippen molar-refractivity contribution < 1.29 is 36.2 Å². The predicted octanol–water partition coefficient (Wildman–Crippen LogP) is 6.84. The fourth-order valence-electron chi connectivity index (χ4n) is 3.12. The molecule has 0 fully saturated rings. The SMILES string of the molecule is O=C(O)c1ccc(-c2nnc(Nc3cc(C(F)(F)F)cc(C(F)(F)F)c3)c3ccccc23)s1. The number of hydrogen-bond acceptors (Lipinski definition) is 5.